The van der Waals surface area contributed by atoms with Gasteiger partial charge in [-0.2, -0.15) is 0 Å². The molecule has 0 N–H and O–H groups in total. The summed E-state index contributed by atoms with van der Waals surface area (Å²) in [6, 6.07) is 20.2. The molecule has 0 spiro atoms. The molecule has 1 unspecified atom stereocenters. The number of nitrogens with zero attached hydrogens (tertiary/aromatic N) is 4. The van der Waals surface area contributed by atoms with E-state index in [0.717, 1.165) is 64.7 Å². The zero-order chi connectivity index (χ0) is 32.1. The van der Waals surface area contributed by atoms with Gasteiger partial charge >= 0.3 is 0 Å². The number of fused-ring (bicyclic) bond motifs is 2. The van der Waals surface area contributed by atoms with Crippen LogP contribution in [0.15, 0.2) is 109 Å². The number of benzene rings is 3. The fourth-order valence-corrected chi connectivity index (χ4v) is 7.23. The predicted octanol–water partition coefficient (Wildman–Crippen LogP) is 5.86. The highest BCUT2D eigenvalue weighted by molar-refractivity contribution is 7.07. The molecule has 0 radical (unpaired) electrons. The van der Waals surface area contributed by atoms with E-state index in [1.807, 2.05) is 33.1 Å². The van der Waals surface area contributed by atoms with Gasteiger partial charge < -0.3 is 14.2 Å². The van der Waals surface area contributed by atoms with Gasteiger partial charge in [0.1, 0.15) is 17.7 Å². The van der Waals surface area contributed by atoms with Crippen molar-refractivity contribution < 1.29 is 8.81 Å². The highest BCUT2D eigenvalue weighted by Gasteiger charge is 2.32. The summed E-state index contributed by atoms with van der Waals surface area (Å²) in [7, 11) is 8.05. The summed E-state index contributed by atoms with van der Waals surface area (Å²) >= 11 is 1.25. The van der Waals surface area contributed by atoms with Gasteiger partial charge in [-0.3, -0.25) is 14.2 Å². The molecule has 3 aromatic carbocycles. The molecule has 9 heteroatoms. The first-order valence-electron chi connectivity index (χ1n) is 15.2. The Morgan fingerprint density at radius 3 is 2.30 bits per heavy atom. The smallest absolute Gasteiger partial charge is 0.271 e. The van der Waals surface area contributed by atoms with Crippen molar-refractivity contribution >= 4 is 45.8 Å². The molecule has 5 aromatic rings. The summed E-state index contributed by atoms with van der Waals surface area (Å²) in [6.07, 6.45) is 7.72. The molecule has 46 heavy (non-hydrogen) atoms. The third kappa shape index (κ3) is 5.30. The maximum atomic E-state index is 14.2. The first-order chi connectivity index (χ1) is 22.2. The lowest BCUT2D eigenvalue weighted by atomic mass is 9.83. The molecule has 2 aromatic heterocycles. The lowest BCUT2D eigenvalue weighted by Gasteiger charge is -2.31. The molecule has 1 atom stereocenters. The quantitative estimate of drug-likeness (QED) is 0.243. The number of allylic oxidation sites excluding steroid dienone is 2. The first kappa shape index (κ1) is 29.7. The van der Waals surface area contributed by atoms with Gasteiger partial charge in [0.2, 0.25) is 0 Å². The van der Waals surface area contributed by atoms with Crippen molar-refractivity contribution in [2.24, 2.45) is 4.99 Å². The van der Waals surface area contributed by atoms with Crippen molar-refractivity contribution in [3.05, 3.63) is 142 Å². The summed E-state index contributed by atoms with van der Waals surface area (Å²) in [5.74, 6) is -0.528. The maximum absolute atomic E-state index is 14.2. The van der Waals surface area contributed by atoms with E-state index in [0.29, 0.717) is 9.33 Å². The van der Waals surface area contributed by atoms with E-state index < -0.39 is 11.2 Å². The third-order valence-corrected chi connectivity index (χ3v) is 9.64. The molecule has 0 bridgehead atoms. The van der Waals surface area contributed by atoms with Crippen molar-refractivity contribution in [2.45, 2.75) is 25.3 Å². The zero-order valence-corrected chi connectivity index (χ0v) is 26.9. The molecule has 7 nitrogen and oxygen atoms in total. The third-order valence-electron chi connectivity index (χ3n) is 8.66. The Balaban J connectivity index is 1.42. The van der Waals surface area contributed by atoms with E-state index in [-0.39, 0.29) is 28.1 Å². The normalized spacial score (nSPS) is 17.2. The molecular weight excluding hydrogens is 599 g/mol. The van der Waals surface area contributed by atoms with Gasteiger partial charge in [0.25, 0.3) is 5.56 Å². The van der Waals surface area contributed by atoms with Gasteiger partial charge in [-0.1, -0.05) is 35.6 Å². The van der Waals surface area contributed by atoms with Gasteiger partial charge in [0.15, 0.2) is 10.2 Å². The van der Waals surface area contributed by atoms with Gasteiger partial charge in [-0.15, -0.1) is 0 Å². The maximum Gasteiger partial charge on any atom is 0.271 e. The average Bonchev–Trinajstić information content (AvgIpc) is 3.36. The molecule has 232 valence electrons. The number of anilines is 2. The summed E-state index contributed by atoms with van der Waals surface area (Å²) in [5.41, 5.74) is 7.31. The Bertz CT molecular complexity index is 2290. The van der Waals surface area contributed by atoms with Crippen LogP contribution in [0.5, 0.6) is 0 Å². The van der Waals surface area contributed by atoms with E-state index in [9.17, 15) is 14.0 Å². The van der Waals surface area contributed by atoms with Crippen molar-refractivity contribution in [1.29, 1.82) is 0 Å². The predicted molar refractivity (Wildman–Crippen MR) is 184 cm³/mol. The number of thiazole rings is 1. The average molecular weight is 633 g/mol. The van der Waals surface area contributed by atoms with Gasteiger partial charge in [-0.05, 0) is 96.2 Å². The molecule has 0 saturated heterocycles. The van der Waals surface area contributed by atoms with Gasteiger partial charge in [-0.25, -0.2) is 9.38 Å². The van der Waals surface area contributed by atoms with Crippen LogP contribution in [0.4, 0.5) is 15.8 Å². The standard InChI is InChI=1S/C37H33FN4O3S/c1-40(2)27-13-8-22(9-14-27)18-24-6-5-7-29-33(24)39-37-42(34(29)23-10-15-28(16-11-23)41(3)4)36(44)32(46-37)19-25-21-45-31-17-12-26(38)20-30(31)35(25)43/h8-21,34H,5-7H2,1-4H3. The topological polar surface area (TPSA) is 71.0 Å². The van der Waals surface area contributed by atoms with Crippen molar-refractivity contribution in [3.63, 3.8) is 0 Å². The SMILES string of the molecule is CN(C)c1ccc(C=C2CCCC3=C2N=c2sc(=Cc4coc5ccc(F)cc5c4=O)c(=O)n2C3c2ccc(N(C)C)cc2)cc1. The highest BCUT2D eigenvalue weighted by atomic mass is 32.1. The van der Waals surface area contributed by atoms with Crippen LogP contribution in [0.2, 0.25) is 0 Å². The van der Waals surface area contributed by atoms with E-state index in [1.165, 1.54) is 35.8 Å². The number of rotatable bonds is 5. The molecule has 3 heterocycles. The van der Waals surface area contributed by atoms with Crippen LogP contribution >= 0.6 is 11.3 Å². The van der Waals surface area contributed by atoms with Crippen molar-refractivity contribution in [2.75, 3.05) is 38.0 Å². The molecule has 0 fully saturated rings. The minimum atomic E-state index is -0.528. The summed E-state index contributed by atoms with van der Waals surface area (Å²) in [5, 5.41) is 0.129. The number of hydrogen-bond acceptors (Lipinski definition) is 7. The minimum Gasteiger partial charge on any atom is -0.463 e. The molecule has 1 aliphatic heterocycles. The highest BCUT2D eigenvalue weighted by Crippen LogP contribution is 2.41. The second-order valence-corrected chi connectivity index (χ2v) is 13.1. The fraction of sp³-hybridized carbons (Fsp3) is 0.216. The minimum absolute atomic E-state index is 0.129. The Morgan fingerprint density at radius 1 is 0.913 bits per heavy atom. The van der Waals surface area contributed by atoms with Gasteiger partial charge in [0, 0.05) is 39.6 Å². The molecular formula is C37H33FN4O3S. The van der Waals surface area contributed by atoms with Crippen LogP contribution in [0.3, 0.4) is 0 Å². The van der Waals surface area contributed by atoms with Crippen LogP contribution in [0.1, 0.15) is 42.0 Å². The molecule has 0 saturated carbocycles. The van der Waals surface area contributed by atoms with E-state index in [2.05, 4.69) is 59.5 Å². The lowest BCUT2D eigenvalue weighted by molar-refractivity contribution is 0.553. The van der Waals surface area contributed by atoms with E-state index in [4.69, 9.17) is 9.41 Å². The van der Waals surface area contributed by atoms with Crippen molar-refractivity contribution in [1.82, 2.24) is 4.57 Å². The van der Waals surface area contributed by atoms with Gasteiger partial charge in [0.05, 0.1) is 27.2 Å². The zero-order valence-electron chi connectivity index (χ0n) is 26.1. The number of halogens is 1. The van der Waals surface area contributed by atoms with Crippen LogP contribution in [0, 0.1) is 5.82 Å². The van der Waals surface area contributed by atoms with Crippen LogP contribution in [0.25, 0.3) is 23.1 Å². The van der Waals surface area contributed by atoms with Crippen LogP contribution in [-0.2, 0) is 0 Å². The Kier molecular flexibility index (Phi) is 7.56. The molecule has 7 rings (SSSR count). The van der Waals surface area contributed by atoms with Crippen molar-refractivity contribution in [3.8, 4) is 0 Å². The lowest BCUT2D eigenvalue weighted by Crippen LogP contribution is -2.39. The fourth-order valence-electron chi connectivity index (χ4n) is 6.24. The van der Waals surface area contributed by atoms with Crippen LogP contribution < -0.4 is 30.1 Å². The second-order valence-electron chi connectivity index (χ2n) is 12.1. The van der Waals surface area contributed by atoms with E-state index in [1.54, 1.807) is 4.57 Å². The second kappa shape index (κ2) is 11.7. The summed E-state index contributed by atoms with van der Waals surface area (Å²) in [6.45, 7) is 0. The Morgan fingerprint density at radius 2 is 1.61 bits per heavy atom. The molecule has 2 aliphatic rings. The Labute approximate surface area is 269 Å². The number of hydrogen-bond donors (Lipinski definition) is 0. The monoisotopic (exact) mass is 632 g/mol. The van der Waals surface area contributed by atoms with Crippen LogP contribution in [-0.4, -0.2) is 32.8 Å². The largest absolute Gasteiger partial charge is 0.463 e. The Hall–Kier alpha value is -5.02. The summed E-state index contributed by atoms with van der Waals surface area (Å²) < 4.78 is 21.7. The summed E-state index contributed by atoms with van der Waals surface area (Å²) in [4.78, 5) is 37.3. The number of aromatic nitrogens is 1. The molecule has 1 aliphatic carbocycles. The molecule has 0 amide bonds. The van der Waals surface area contributed by atoms with E-state index >= 15 is 0 Å². The first-order valence-corrected chi connectivity index (χ1v) is 16.0.